The van der Waals surface area contributed by atoms with Crippen molar-refractivity contribution in [1.29, 1.82) is 0 Å². The van der Waals surface area contributed by atoms with Crippen LogP contribution in [0.3, 0.4) is 0 Å². The fourth-order valence-corrected chi connectivity index (χ4v) is 3.55. The Morgan fingerprint density at radius 2 is 1.89 bits per heavy atom. The first-order valence-electron chi connectivity index (χ1n) is 8.74. The Bertz CT molecular complexity index is 941. The molecule has 1 amide bonds. The molecule has 27 heavy (non-hydrogen) atoms. The van der Waals surface area contributed by atoms with E-state index < -0.39 is 0 Å². The zero-order chi connectivity index (χ0) is 18.8. The van der Waals surface area contributed by atoms with E-state index in [-0.39, 0.29) is 23.4 Å². The molecule has 0 saturated carbocycles. The van der Waals surface area contributed by atoms with Crippen molar-refractivity contribution in [2.45, 2.75) is 12.3 Å². The first-order chi connectivity index (χ1) is 13.2. The molecule has 1 fully saturated rings. The number of hydrogen-bond acceptors (Lipinski definition) is 4. The summed E-state index contributed by atoms with van der Waals surface area (Å²) in [5.41, 5.74) is 2.33. The number of hydrogen-bond donors (Lipinski definition) is 0. The van der Waals surface area contributed by atoms with E-state index in [4.69, 9.17) is 4.74 Å². The molecule has 2 heterocycles. The fraction of sp³-hybridized carbons (Fsp3) is 0.250. The Kier molecular flexibility index (Phi) is 4.58. The molecule has 3 aromatic rings. The van der Waals surface area contributed by atoms with Gasteiger partial charge in [-0.2, -0.15) is 0 Å². The first-order valence-corrected chi connectivity index (χ1v) is 8.74. The molecule has 0 spiro atoms. The van der Waals surface area contributed by atoms with Gasteiger partial charge in [-0.3, -0.25) is 9.36 Å². The molecule has 1 atom stereocenters. The highest BCUT2D eigenvalue weighted by Crippen LogP contribution is 2.35. The highest BCUT2D eigenvalue weighted by Gasteiger charge is 2.30. The molecule has 0 radical (unpaired) electrons. The van der Waals surface area contributed by atoms with Crippen molar-refractivity contribution < 1.29 is 13.9 Å². The van der Waals surface area contributed by atoms with Gasteiger partial charge in [0.15, 0.2) is 11.6 Å². The number of likely N-dealkylation sites (tertiary alicyclic amines) is 1. The van der Waals surface area contributed by atoms with Crippen molar-refractivity contribution in [3.8, 4) is 11.4 Å². The first kappa shape index (κ1) is 17.2. The second kappa shape index (κ2) is 7.19. The highest BCUT2D eigenvalue weighted by atomic mass is 19.1. The van der Waals surface area contributed by atoms with Gasteiger partial charge in [-0.25, -0.2) is 4.39 Å². The molecule has 7 heteroatoms. The van der Waals surface area contributed by atoms with Crippen LogP contribution in [-0.2, 0) is 0 Å². The summed E-state index contributed by atoms with van der Waals surface area (Å²) in [6.07, 6.45) is 3.99. The molecule has 6 nitrogen and oxygen atoms in total. The molecule has 4 rings (SSSR count). The molecule has 138 valence electrons. The van der Waals surface area contributed by atoms with Gasteiger partial charge in [0, 0.05) is 35.8 Å². The maximum Gasteiger partial charge on any atom is 0.253 e. The quantitative estimate of drug-likeness (QED) is 0.712. The van der Waals surface area contributed by atoms with Crippen molar-refractivity contribution in [3.63, 3.8) is 0 Å². The average molecular weight is 366 g/mol. The number of methoxy groups -OCH3 is 1. The number of ether oxygens (including phenoxy) is 1. The topological polar surface area (TPSA) is 60.2 Å². The van der Waals surface area contributed by atoms with Crippen LogP contribution in [0.5, 0.6) is 5.75 Å². The standard InChI is InChI=1S/C20H19FN4O2/c1-27-19-17(3-2-4-18(19)21)15-9-10-24(11-15)20(26)14-5-7-16(8-6-14)25-12-22-23-13-25/h2-8,12-13,15H,9-11H2,1H3. The van der Waals surface area contributed by atoms with Crippen LogP contribution < -0.4 is 4.74 Å². The molecular formula is C20H19FN4O2. The fourth-order valence-electron chi connectivity index (χ4n) is 3.55. The Hall–Kier alpha value is -3.22. The predicted molar refractivity (Wildman–Crippen MR) is 97.6 cm³/mol. The third-order valence-electron chi connectivity index (χ3n) is 4.95. The number of nitrogens with zero attached hydrogens (tertiary/aromatic N) is 4. The average Bonchev–Trinajstić information content (AvgIpc) is 3.39. The summed E-state index contributed by atoms with van der Waals surface area (Å²) in [6, 6.07) is 12.3. The molecule has 1 saturated heterocycles. The van der Waals surface area contributed by atoms with Gasteiger partial charge in [-0.1, -0.05) is 12.1 Å². The van der Waals surface area contributed by atoms with E-state index in [1.807, 2.05) is 23.1 Å². The maximum atomic E-state index is 14.0. The lowest BCUT2D eigenvalue weighted by atomic mass is 9.97. The van der Waals surface area contributed by atoms with Crippen molar-refractivity contribution in [1.82, 2.24) is 19.7 Å². The number of rotatable bonds is 4. The van der Waals surface area contributed by atoms with E-state index in [0.29, 0.717) is 18.7 Å². The van der Waals surface area contributed by atoms with E-state index in [0.717, 1.165) is 17.7 Å². The van der Waals surface area contributed by atoms with E-state index >= 15 is 0 Å². The highest BCUT2D eigenvalue weighted by molar-refractivity contribution is 5.94. The molecule has 1 unspecified atom stereocenters. The summed E-state index contributed by atoms with van der Waals surface area (Å²) in [4.78, 5) is 14.6. The third kappa shape index (κ3) is 3.28. The van der Waals surface area contributed by atoms with Crippen LogP contribution in [0.1, 0.15) is 28.3 Å². The summed E-state index contributed by atoms with van der Waals surface area (Å²) in [5, 5.41) is 7.55. The van der Waals surface area contributed by atoms with Crippen LogP contribution in [0.2, 0.25) is 0 Å². The number of amides is 1. The predicted octanol–water partition coefficient (Wildman–Crippen LogP) is 3.04. The monoisotopic (exact) mass is 366 g/mol. The van der Waals surface area contributed by atoms with Gasteiger partial charge in [0.2, 0.25) is 0 Å². The molecule has 1 aromatic heterocycles. The maximum absolute atomic E-state index is 14.0. The van der Waals surface area contributed by atoms with Crippen molar-refractivity contribution in [2.24, 2.45) is 0 Å². The summed E-state index contributed by atoms with van der Waals surface area (Å²) >= 11 is 0. The Labute approximate surface area is 156 Å². The van der Waals surface area contributed by atoms with Gasteiger partial charge in [0.1, 0.15) is 12.7 Å². The van der Waals surface area contributed by atoms with Gasteiger partial charge in [0.05, 0.1) is 7.11 Å². The summed E-state index contributed by atoms with van der Waals surface area (Å²) in [5.74, 6) is -0.0569. The zero-order valence-corrected chi connectivity index (χ0v) is 14.9. The molecular weight excluding hydrogens is 347 g/mol. The SMILES string of the molecule is COc1c(F)cccc1C1CCN(C(=O)c2ccc(-n3cnnc3)cc2)C1. The molecule has 1 aliphatic heterocycles. The molecule has 0 aliphatic carbocycles. The van der Waals surface area contributed by atoms with E-state index in [1.165, 1.54) is 13.2 Å². The molecule has 0 bridgehead atoms. The van der Waals surface area contributed by atoms with Crippen LogP contribution in [0.4, 0.5) is 4.39 Å². The minimum Gasteiger partial charge on any atom is -0.493 e. The second-order valence-electron chi connectivity index (χ2n) is 6.52. The smallest absolute Gasteiger partial charge is 0.253 e. The minimum atomic E-state index is -0.371. The van der Waals surface area contributed by atoms with E-state index in [1.54, 1.807) is 35.4 Å². The van der Waals surface area contributed by atoms with Gasteiger partial charge >= 0.3 is 0 Å². The molecule has 0 N–H and O–H groups in total. The van der Waals surface area contributed by atoms with Crippen LogP contribution in [0.25, 0.3) is 5.69 Å². The van der Waals surface area contributed by atoms with Gasteiger partial charge in [0.25, 0.3) is 5.91 Å². The summed E-state index contributed by atoms with van der Waals surface area (Å²) < 4.78 is 21.0. The van der Waals surface area contributed by atoms with E-state index in [9.17, 15) is 9.18 Å². The van der Waals surface area contributed by atoms with Crippen molar-refractivity contribution >= 4 is 5.91 Å². The summed E-state index contributed by atoms with van der Waals surface area (Å²) in [6.45, 7) is 1.18. The molecule has 1 aliphatic rings. The normalized spacial score (nSPS) is 16.5. The Balaban J connectivity index is 1.49. The number of aromatic nitrogens is 3. The number of benzene rings is 2. The second-order valence-corrected chi connectivity index (χ2v) is 6.52. The van der Waals surface area contributed by atoms with E-state index in [2.05, 4.69) is 10.2 Å². The Morgan fingerprint density at radius 3 is 2.59 bits per heavy atom. The van der Waals surface area contributed by atoms with Crippen molar-refractivity contribution in [3.05, 3.63) is 72.1 Å². The lowest BCUT2D eigenvalue weighted by molar-refractivity contribution is 0.0790. The number of carbonyl (C=O) groups excluding carboxylic acids is 1. The van der Waals surface area contributed by atoms with Crippen LogP contribution in [-0.4, -0.2) is 45.8 Å². The zero-order valence-electron chi connectivity index (χ0n) is 14.9. The van der Waals surface area contributed by atoms with Crippen LogP contribution in [0, 0.1) is 5.82 Å². The number of para-hydroxylation sites is 1. The van der Waals surface area contributed by atoms with Gasteiger partial charge < -0.3 is 9.64 Å². The lowest BCUT2D eigenvalue weighted by Gasteiger charge is -2.18. The largest absolute Gasteiger partial charge is 0.493 e. The Morgan fingerprint density at radius 1 is 1.15 bits per heavy atom. The third-order valence-corrected chi connectivity index (χ3v) is 4.95. The summed E-state index contributed by atoms with van der Waals surface area (Å²) in [7, 11) is 1.47. The molecule has 2 aromatic carbocycles. The lowest BCUT2D eigenvalue weighted by Crippen LogP contribution is -2.28. The van der Waals surface area contributed by atoms with Crippen LogP contribution >= 0.6 is 0 Å². The van der Waals surface area contributed by atoms with Gasteiger partial charge in [-0.05, 0) is 36.8 Å². The minimum absolute atomic E-state index is 0.0248. The van der Waals surface area contributed by atoms with Crippen molar-refractivity contribution in [2.75, 3.05) is 20.2 Å². The number of carbonyl (C=O) groups is 1. The van der Waals surface area contributed by atoms with Gasteiger partial charge in [-0.15, -0.1) is 10.2 Å². The number of halogens is 1. The van der Waals surface area contributed by atoms with Crippen LogP contribution in [0.15, 0.2) is 55.1 Å².